The van der Waals surface area contributed by atoms with E-state index in [0.29, 0.717) is 36.3 Å². The molecule has 0 bridgehead atoms. The Morgan fingerprint density at radius 1 is 1.25 bits per heavy atom. The second-order valence-electron chi connectivity index (χ2n) is 5.85. The van der Waals surface area contributed by atoms with Crippen LogP contribution in [0, 0.1) is 0 Å². The minimum Gasteiger partial charge on any atom is -0.486 e. The van der Waals surface area contributed by atoms with E-state index in [-0.39, 0.29) is 5.91 Å². The SMILES string of the molecule is CC(N)(C(=O)NCc1cc(Cl)c2c(c1)OCCO2)c1ccccc1. The van der Waals surface area contributed by atoms with Crippen LogP contribution in [0.4, 0.5) is 0 Å². The second kappa shape index (κ2) is 6.71. The number of ether oxygens (including phenoxy) is 2. The van der Waals surface area contributed by atoms with Gasteiger partial charge < -0.3 is 20.5 Å². The van der Waals surface area contributed by atoms with Crippen molar-refractivity contribution in [1.29, 1.82) is 0 Å². The van der Waals surface area contributed by atoms with Crippen LogP contribution in [0.3, 0.4) is 0 Å². The van der Waals surface area contributed by atoms with Crippen molar-refractivity contribution in [2.45, 2.75) is 19.0 Å². The number of benzene rings is 2. The summed E-state index contributed by atoms with van der Waals surface area (Å²) in [5.41, 5.74) is 6.66. The van der Waals surface area contributed by atoms with Crippen molar-refractivity contribution >= 4 is 17.5 Å². The molecule has 2 aromatic carbocycles. The average molecular weight is 347 g/mol. The van der Waals surface area contributed by atoms with Gasteiger partial charge >= 0.3 is 0 Å². The normalized spacial score (nSPS) is 15.5. The van der Waals surface area contributed by atoms with Gasteiger partial charge in [-0.25, -0.2) is 0 Å². The maximum atomic E-state index is 12.5. The van der Waals surface area contributed by atoms with Crippen molar-refractivity contribution in [3.8, 4) is 11.5 Å². The first-order valence-electron chi connectivity index (χ1n) is 7.69. The van der Waals surface area contributed by atoms with Crippen LogP contribution < -0.4 is 20.5 Å². The van der Waals surface area contributed by atoms with Crippen molar-refractivity contribution < 1.29 is 14.3 Å². The van der Waals surface area contributed by atoms with E-state index in [1.54, 1.807) is 13.0 Å². The molecule has 1 aliphatic heterocycles. The standard InChI is InChI=1S/C18H19ClN2O3/c1-18(20,13-5-3-2-4-6-13)17(22)21-11-12-9-14(19)16-15(10-12)23-7-8-24-16/h2-6,9-10H,7-8,11,20H2,1H3,(H,21,22). The maximum absolute atomic E-state index is 12.5. The average Bonchev–Trinajstić information content (AvgIpc) is 2.60. The van der Waals surface area contributed by atoms with E-state index >= 15 is 0 Å². The van der Waals surface area contributed by atoms with Crippen molar-refractivity contribution in [2.24, 2.45) is 5.73 Å². The van der Waals surface area contributed by atoms with Crippen LogP contribution in [0.1, 0.15) is 18.1 Å². The highest BCUT2D eigenvalue weighted by molar-refractivity contribution is 6.32. The Balaban J connectivity index is 1.71. The molecular weight excluding hydrogens is 328 g/mol. The second-order valence-corrected chi connectivity index (χ2v) is 6.26. The van der Waals surface area contributed by atoms with Crippen molar-refractivity contribution in [1.82, 2.24) is 5.32 Å². The van der Waals surface area contributed by atoms with Gasteiger partial charge in [-0.05, 0) is 30.2 Å². The van der Waals surface area contributed by atoms with Gasteiger partial charge in [0.1, 0.15) is 18.8 Å². The van der Waals surface area contributed by atoms with Crippen LogP contribution in [0.15, 0.2) is 42.5 Å². The van der Waals surface area contributed by atoms with Crippen LogP contribution in [-0.4, -0.2) is 19.1 Å². The van der Waals surface area contributed by atoms with Crippen molar-refractivity contribution in [3.05, 3.63) is 58.6 Å². The summed E-state index contributed by atoms with van der Waals surface area (Å²) in [6.45, 7) is 2.95. The lowest BCUT2D eigenvalue weighted by molar-refractivity contribution is -0.126. The topological polar surface area (TPSA) is 73.6 Å². The largest absolute Gasteiger partial charge is 0.486 e. The van der Waals surface area contributed by atoms with E-state index in [0.717, 1.165) is 11.1 Å². The number of nitrogens with two attached hydrogens (primary N) is 1. The summed E-state index contributed by atoms with van der Waals surface area (Å²) in [7, 11) is 0. The van der Waals surface area contributed by atoms with E-state index in [1.807, 2.05) is 36.4 Å². The number of halogens is 1. The zero-order valence-corrected chi connectivity index (χ0v) is 14.1. The van der Waals surface area contributed by atoms with E-state index in [9.17, 15) is 4.79 Å². The van der Waals surface area contributed by atoms with Gasteiger partial charge in [0.2, 0.25) is 5.91 Å². The highest BCUT2D eigenvalue weighted by atomic mass is 35.5. The molecule has 0 aliphatic carbocycles. The van der Waals surface area contributed by atoms with Crippen LogP contribution in [0.25, 0.3) is 0 Å². The van der Waals surface area contributed by atoms with E-state index < -0.39 is 5.54 Å². The Morgan fingerprint density at radius 2 is 1.96 bits per heavy atom. The van der Waals surface area contributed by atoms with Crippen molar-refractivity contribution in [3.63, 3.8) is 0 Å². The molecule has 3 rings (SSSR count). The molecule has 24 heavy (non-hydrogen) atoms. The molecule has 0 aromatic heterocycles. The molecule has 1 unspecified atom stereocenters. The van der Waals surface area contributed by atoms with Gasteiger partial charge in [-0.2, -0.15) is 0 Å². The van der Waals surface area contributed by atoms with Gasteiger partial charge in [-0.15, -0.1) is 0 Å². The summed E-state index contributed by atoms with van der Waals surface area (Å²) in [5.74, 6) is 0.877. The molecule has 5 nitrogen and oxygen atoms in total. The predicted octanol–water partition coefficient (Wildman–Crippen LogP) is 2.60. The first kappa shape index (κ1) is 16.6. The van der Waals surface area contributed by atoms with Gasteiger partial charge in [0, 0.05) is 6.54 Å². The van der Waals surface area contributed by atoms with Crippen LogP contribution in [0.2, 0.25) is 5.02 Å². The highest BCUT2D eigenvalue weighted by Crippen LogP contribution is 2.38. The number of hydrogen-bond acceptors (Lipinski definition) is 4. The quantitative estimate of drug-likeness (QED) is 0.892. The number of amides is 1. The Morgan fingerprint density at radius 3 is 2.71 bits per heavy atom. The zero-order valence-electron chi connectivity index (χ0n) is 13.3. The van der Waals surface area contributed by atoms with Gasteiger partial charge in [-0.3, -0.25) is 4.79 Å². The Kier molecular flexibility index (Phi) is 4.64. The summed E-state index contributed by atoms with van der Waals surface area (Å²) in [6.07, 6.45) is 0. The Labute approximate surface area is 145 Å². The molecule has 0 spiro atoms. The minimum absolute atomic E-state index is 0.264. The number of fused-ring (bicyclic) bond motifs is 1. The highest BCUT2D eigenvalue weighted by Gasteiger charge is 2.30. The summed E-state index contributed by atoms with van der Waals surface area (Å²) in [5, 5.41) is 3.32. The third-order valence-corrected chi connectivity index (χ3v) is 4.24. The third kappa shape index (κ3) is 3.32. The lowest BCUT2D eigenvalue weighted by Crippen LogP contribution is -2.48. The first-order chi connectivity index (χ1) is 11.5. The molecule has 1 aliphatic rings. The fourth-order valence-electron chi connectivity index (χ4n) is 2.55. The van der Waals surface area contributed by atoms with E-state index in [1.165, 1.54) is 0 Å². The molecule has 0 saturated carbocycles. The number of carbonyl (C=O) groups is 1. The maximum Gasteiger partial charge on any atom is 0.244 e. The Bertz CT molecular complexity index is 747. The smallest absolute Gasteiger partial charge is 0.244 e. The summed E-state index contributed by atoms with van der Waals surface area (Å²) in [4.78, 5) is 12.5. The lowest BCUT2D eigenvalue weighted by atomic mass is 9.92. The first-order valence-corrected chi connectivity index (χ1v) is 8.07. The molecule has 6 heteroatoms. The van der Waals surface area contributed by atoms with E-state index in [2.05, 4.69) is 5.32 Å². The minimum atomic E-state index is -1.11. The van der Waals surface area contributed by atoms with Gasteiger partial charge in [0.15, 0.2) is 11.5 Å². The number of rotatable bonds is 4. The molecule has 0 fully saturated rings. The zero-order chi connectivity index (χ0) is 17.2. The summed E-state index contributed by atoms with van der Waals surface area (Å²) in [6, 6.07) is 12.8. The molecule has 126 valence electrons. The fraction of sp³-hybridized carbons (Fsp3) is 0.278. The number of nitrogens with one attached hydrogen (secondary N) is 1. The van der Waals surface area contributed by atoms with Crippen molar-refractivity contribution in [2.75, 3.05) is 13.2 Å². The van der Waals surface area contributed by atoms with Gasteiger partial charge in [0.25, 0.3) is 0 Å². The molecule has 0 radical (unpaired) electrons. The molecule has 2 aromatic rings. The van der Waals surface area contributed by atoms with Crippen LogP contribution >= 0.6 is 11.6 Å². The summed E-state index contributed by atoms with van der Waals surface area (Å²) < 4.78 is 11.0. The molecular formula is C18H19ClN2O3. The van der Waals surface area contributed by atoms with E-state index in [4.69, 9.17) is 26.8 Å². The molecule has 0 saturated heterocycles. The predicted molar refractivity (Wildman–Crippen MR) is 92.3 cm³/mol. The number of hydrogen-bond donors (Lipinski definition) is 2. The molecule has 1 amide bonds. The fourth-order valence-corrected chi connectivity index (χ4v) is 2.84. The lowest BCUT2D eigenvalue weighted by Gasteiger charge is -2.24. The Hall–Kier alpha value is -2.24. The molecule has 1 atom stereocenters. The molecule has 1 heterocycles. The van der Waals surface area contributed by atoms with Gasteiger partial charge in [0.05, 0.1) is 5.02 Å². The number of carbonyl (C=O) groups excluding carboxylic acids is 1. The third-order valence-electron chi connectivity index (χ3n) is 3.95. The van der Waals surface area contributed by atoms with Crippen LogP contribution in [0.5, 0.6) is 11.5 Å². The monoisotopic (exact) mass is 346 g/mol. The molecule has 3 N–H and O–H groups in total. The van der Waals surface area contributed by atoms with Crippen LogP contribution in [-0.2, 0) is 16.9 Å². The summed E-state index contributed by atoms with van der Waals surface area (Å²) >= 11 is 6.21. The van der Waals surface area contributed by atoms with Gasteiger partial charge in [-0.1, -0.05) is 41.9 Å².